The smallest absolute Gasteiger partial charge is 0.243 e. The highest BCUT2D eigenvalue weighted by atomic mass is 32.2. The number of carbonyl (C=O) groups is 1. The quantitative estimate of drug-likeness (QED) is 0.632. The molecule has 0 bridgehead atoms. The Morgan fingerprint density at radius 3 is 2.36 bits per heavy atom. The molecule has 0 spiro atoms. The summed E-state index contributed by atoms with van der Waals surface area (Å²) in [4.78, 5) is 12.6. The third-order valence-electron chi connectivity index (χ3n) is 4.22. The molecule has 2 aromatic carbocycles. The van der Waals surface area contributed by atoms with Gasteiger partial charge in [0.2, 0.25) is 15.9 Å². The molecule has 0 atom stereocenters. The van der Waals surface area contributed by atoms with Gasteiger partial charge >= 0.3 is 0 Å². The molecule has 1 amide bonds. The number of nitrogens with one attached hydrogen (secondary N) is 1. The molecule has 1 aromatic heterocycles. The molecule has 1 N–H and O–H groups in total. The highest BCUT2D eigenvalue weighted by Crippen LogP contribution is 2.18. The van der Waals surface area contributed by atoms with Crippen molar-refractivity contribution in [3.8, 4) is 0 Å². The SMILES string of the molecule is Cc1ccc(CN(CC(=O)NCc2ccco2)S(=O)(=O)c2ccccc2)cc1. The van der Waals surface area contributed by atoms with Gasteiger partial charge in [-0.2, -0.15) is 4.31 Å². The van der Waals surface area contributed by atoms with Crippen LogP contribution in [0.25, 0.3) is 0 Å². The average molecular weight is 398 g/mol. The molecule has 3 rings (SSSR count). The Hall–Kier alpha value is -2.90. The number of benzene rings is 2. The molecule has 0 saturated heterocycles. The Bertz CT molecular complexity index is 998. The van der Waals surface area contributed by atoms with Crippen molar-refractivity contribution in [2.24, 2.45) is 0 Å². The number of furan rings is 1. The zero-order valence-corrected chi connectivity index (χ0v) is 16.4. The molecule has 7 heteroatoms. The van der Waals surface area contributed by atoms with Gasteiger partial charge in [0.15, 0.2) is 0 Å². The molecule has 0 saturated carbocycles. The van der Waals surface area contributed by atoms with Crippen LogP contribution < -0.4 is 5.32 Å². The van der Waals surface area contributed by atoms with Crippen LogP contribution in [0.4, 0.5) is 0 Å². The maximum atomic E-state index is 13.1. The first kappa shape index (κ1) is 19.9. The van der Waals surface area contributed by atoms with Gasteiger partial charge in [-0.3, -0.25) is 4.79 Å². The molecule has 28 heavy (non-hydrogen) atoms. The topological polar surface area (TPSA) is 79.6 Å². The summed E-state index contributed by atoms with van der Waals surface area (Å²) in [6.45, 7) is 1.98. The second-order valence-corrected chi connectivity index (χ2v) is 8.37. The van der Waals surface area contributed by atoms with E-state index in [1.54, 1.807) is 30.3 Å². The molecule has 0 unspecified atom stereocenters. The van der Waals surface area contributed by atoms with Crippen molar-refractivity contribution < 1.29 is 17.6 Å². The zero-order chi connectivity index (χ0) is 20.0. The first-order chi connectivity index (χ1) is 13.4. The fourth-order valence-electron chi connectivity index (χ4n) is 2.68. The molecule has 6 nitrogen and oxygen atoms in total. The van der Waals surface area contributed by atoms with Crippen LogP contribution in [0, 0.1) is 6.92 Å². The first-order valence-corrected chi connectivity index (χ1v) is 10.3. The van der Waals surface area contributed by atoms with Gasteiger partial charge in [0.05, 0.1) is 24.2 Å². The summed E-state index contributed by atoms with van der Waals surface area (Å²) in [6.07, 6.45) is 1.52. The molecule has 0 aliphatic rings. The minimum atomic E-state index is -3.83. The molecule has 3 aromatic rings. The highest BCUT2D eigenvalue weighted by Gasteiger charge is 2.26. The molecule has 0 aliphatic carbocycles. The second-order valence-electron chi connectivity index (χ2n) is 6.43. The maximum Gasteiger partial charge on any atom is 0.243 e. The van der Waals surface area contributed by atoms with Gasteiger partial charge in [0, 0.05) is 6.54 Å². The van der Waals surface area contributed by atoms with Crippen LogP contribution in [0.3, 0.4) is 0 Å². The van der Waals surface area contributed by atoms with Crippen LogP contribution in [0.2, 0.25) is 0 Å². The predicted octanol–water partition coefficient (Wildman–Crippen LogP) is 3.10. The third kappa shape index (κ3) is 5.09. The molecule has 146 valence electrons. The van der Waals surface area contributed by atoms with Crippen LogP contribution in [0.1, 0.15) is 16.9 Å². The molecule has 0 radical (unpaired) electrons. The summed E-state index contributed by atoms with van der Waals surface area (Å²) < 4.78 is 32.6. The van der Waals surface area contributed by atoms with Gasteiger partial charge in [-0.25, -0.2) is 8.42 Å². The molecule has 0 aliphatic heterocycles. The number of nitrogens with zero attached hydrogens (tertiary/aromatic N) is 1. The third-order valence-corrected chi connectivity index (χ3v) is 6.03. The van der Waals surface area contributed by atoms with Gasteiger partial charge in [0.1, 0.15) is 5.76 Å². The molecular weight excluding hydrogens is 376 g/mol. The Balaban J connectivity index is 1.79. The molecule has 0 fully saturated rings. The minimum Gasteiger partial charge on any atom is -0.467 e. The van der Waals surface area contributed by atoms with Gasteiger partial charge < -0.3 is 9.73 Å². The van der Waals surface area contributed by atoms with Crippen molar-refractivity contribution in [3.05, 3.63) is 89.9 Å². The summed E-state index contributed by atoms with van der Waals surface area (Å²) >= 11 is 0. The van der Waals surface area contributed by atoms with Crippen molar-refractivity contribution >= 4 is 15.9 Å². The van der Waals surface area contributed by atoms with Crippen molar-refractivity contribution in [2.75, 3.05) is 6.54 Å². The number of hydrogen-bond acceptors (Lipinski definition) is 4. The summed E-state index contributed by atoms with van der Waals surface area (Å²) in [5.41, 5.74) is 1.89. The van der Waals surface area contributed by atoms with E-state index >= 15 is 0 Å². The summed E-state index contributed by atoms with van der Waals surface area (Å²) in [5, 5.41) is 2.70. The summed E-state index contributed by atoms with van der Waals surface area (Å²) in [5.74, 6) is 0.201. The van der Waals surface area contributed by atoms with E-state index in [0.29, 0.717) is 5.76 Å². The van der Waals surface area contributed by atoms with Crippen molar-refractivity contribution in [1.82, 2.24) is 9.62 Å². The van der Waals surface area contributed by atoms with E-state index in [9.17, 15) is 13.2 Å². The minimum absolute atomic E-state index is 0.103. The lowest BCUT2D eigenvalue weighted by Crippen LogP contribution is -2.40. The lowest BCUT2D eigenvalue weighted by Gasteiger charge is -2.22. The Labute approximate surface area is 164 Å². The van der Waals surface area contributed by atoms with Gasteiger partial charge in [-0.15, -0.1) is 0 Å². The van der Waals surface area contributed by atoms with E-state index in [2.05, 4.69) is 5.32 Å². The van der Waals surface area contributed by atoms with Crippen molar-refractivity contribution in [3.63, 3.8) is 0 Å². The first-order valence-electron chi connectivity index (χ1n) is 8.85. The number of hydrogen-bond donors (Lipinski definition) is 1. The van der Waals surface area contributed by atoms with Crippen LogP contribution in [0.5, 0.6) is 0 Å². The average Bonchev–Trinajstić information content (AvgIpc) is 3.22. The Kier molecular flexibility index (Phi) is 6.28. The van der Waals surface area contributed by atoms with E-state index < -0.39 is 15.9 Å². The fourth-order valence-corrected chi connectivity index (χ4v) is 4.08. The summed E-state index contributed by atoms with van der Waals surface area (Å²) in [7, 11) is -3.83. The van der Waals surface area contributed by atoms with Crippen LogP contribution in [0.15, 0.2) is 82.3 Å². The monoisotopic (exact) mass is 398 g/mol. The number of carbonyl (C=O) groups excluding carboxylic acids is 1. The van der Waals surface area contributed by atoms with Gasteiger partial charge in [0.25, 0.3) is 0 Å². The standard InChI is InChI=1S/C21H22N2O4S/c1-17-9-11-18(12-10-17)15-23(28(25,26)20-7-3-2-4-8-20)16-21(24)22-14-19-6-5-13-27-19/h2-13H,14-16H2,1H3,(H,22,24). The number of sulfonamides is 1. The highest BCUT2D eigenvalue weighted by molar-refractivity contribution is 7.89. The normalized spacial score (nSPS) is 11.5. The lowest BCUT2D eigenvalue weighted by molar-refractivity contribution is -0.121. The molecule has 1 heterocycles. The van der Waals surface area contributed by atoms with Crippen molar-refractivity contribution in [2.45, 2.75) is 24.9 Å². The predicted molar refractivity (Wildman–Crippen MR) is 106 cm³/mol. The number of aryl methyl sites for hydroxylation is 1. The zero-order valence-electron chi connectivity index (χ0n) is 15.5. The van der Waals surface area contributed by atoms with E-state index in [4.69, 9.17) is 4.42 Å². The fraction of sp³-hybridized carbons (Fsp3) is 0.190. The van der Waals surface area contributed by atoms with E-state index in [-0.39, 0.29) is 24.5 Å². The van der Waals surface area contributed by atoms with E-state index in [1.165, 1.54) is 22.7 Å². The van der Waals surface area contributed by atoms with E-state index in [1.807, 2.05) is 31.2 Å². The maximum absolute atomic E-state index is 13.1. The van der Waals surface area contributed by atoms with Crippen molar-refractivity contribution in [1.29, 1.82) is 0 Å². The lowest BCUT2D eigenvalue weighted by atomic mass is 10.1. The second kappa shape index (κ2) is 8.86. The largest absolute Gasteiger partial charge is 0.467 e. The van der Waals surface area contributed by atoms with Crippen LogP contribution >= 0.6 is 0 Å². The number of amides is 1. The summed E-state index contributed by atoms with van der Waals surface area (Å²) in [6, 6.07) is 19.2. The van der Waals surface area contributed by atoms with Gasteiger partial charge in [-0.1, -0.05) is 48.0 Å². The number of rotatable bonds is 8. The Morgan fingerprint density at radius 1 is 1.00 bits per heavy atom. The van der Waals surface area contributed by atoms with E-state index in [0.717, 1.165) is 11.1 Å². The van der Waals surface area contributed by atoms with Gasteiger partial charge in [-0.05, 0) is 36.8 Å². The van der Waals surface area contributed by atoms with Crippen LogP contribution in [-0.4, -0.2) is 25.2 Å². The van der Waals surface area contributed by atoms with Crippen LogP contribution in [-0.2, 0) is 27.9 Å². The molecular formula is C21H22N2O4S. The Morgan fingerprint density at radius 2 is 1.71 bits per heavy atom.